The SMILES string of the molecule is NN1C=CC=C(Cl)N1. The standard InChI is InChI=1S/C4H6ClN3/c5-4-2-1-3-8(6)7-4/h1-3,7H,6H2. The summed E-state index contributed by atoms with van der Waals surface area (Å²) in [6.45, 7) is 0. The monoisotopic (exact) mass is 131 g/mol. The minimum absolute atomic E-state index is 0.523. The Morgan fingerprint density at radius 3 is 2.88 bits per heavy atom. The highest BCUT2D eigenvalue weighted by Gasteiger charge is 1.95. The van der Waals surface area contributed by atoms with Crippen molar-refractivity contribution in [1.29, 1.82) is 0 Å². The number of nitrogens with zero attached hydrogens (tertiary/aromatic N) is 1. The van der Waals surface area contributed by atoms with Crippen molar-refractivity contribution in [3.63, 3.8) is 0 Å². The second kappa shape index (κ2) is 2.07. The van der Waals surface area contributed by atoms with Crippen molar-refractivity contribution >= 4 is 11.6 Å². The molecular weight excluding hydrogens is 126 g/mol. The molecule has 1 heterocycles. The van der Waals surface area contributed by atoms with E-state index in [4.69, 9.17) is 17.4 Å². The van der Waals surface area contributed by atoms with Crippen LogP contribution in [0.4, 0.5) is 0 Å². The summed E-state index contributed by atoms with van der Waals surface area (Å²) in [4.78, 5) is 0. The Balaban J connectivity index is 2.59. The number of rotatable bonds is 0. The Labute approximate surface area is 52.3 Å². The zero-order valence-corrected chi connectivity index (χ0v) is 4.89. The lowest BCUT2D eigenvalue weighted by molar-refractivity contribution is 0.320. The predicted octanol–water partition coefficient (Wildman–Crippen LogP) is 0.274. The van der Waals surface area contributed by atoms with Crippen molar-refractivity contribution in [2.45, 2.75) is 0 Å². The number of nitrogens with two attached hydrogens (primary N) is 1. The molecule has 0 radical (unpaired) electrons. The molecule has 1 aliphatic heterocycles. The zero-order chi connectivity index (χ0) is 5.98. The molecule has 4 heteroatoms. The van der Waals surface area contributed by atoms with Crippen molar-refractivity contribution in [3.05, 3.63) is 23.5 Å². The summed E-state index contributed by atoms with van der Waals surface area (Å²) in [7, 11) is 0. The van der Waals surface area contributed by atoms with Gasteiger partial charge in [-0.25, -0.2) is 11.0 Å². The van der Waals surface area contributed by atoms with E-state index in [-0.39, 0.29) is 0 Å². The van der Waals surface area contributed by atoms with Crippen molar-refractivity contribution in [2.24, 2.45) is 5.84 Å². The summed E-state index contributed by atoms with van der Waals surface area (Å²) >= 11 is 5.49. The van der Waals surface area contributed by atoms with E-state index < -0.39 is 0 Å². The number of hydrogen-bond donors (Lipinski definition) is 2. The van der Waals surface area contributed by atoms with Crippen LogP contribution in [0.3, 0.4) is 0 Å². The van der Waals surface area contributed by atoms with Crippen LogP contribution in [-0.2, 0) is 0 Å². The van der Waals surface area contributed by atoms with Crippen LogP contribution in [0.1, 0.15) is 0 Å². The average molecular weight is 132 g/mol. The zero-order valence-electron chi connectivity index (χ0n) is 4.13. The van der Waals surface area contributed by atoms with E-state index in [1.165, 1.54) is 5.12 Å². The first-order chi connectivity index (χ1) is 3.79. The van der Waals surface area contributed by atoms with Gasteiger partial charge in [0.2, 0.25) is 0 Å². The molecule has 0 unspecified atom stereocenters. The van der Waals surface area contributed by atoms with Gasteiger partial charge in [0.05, 0.1) is 0 Å². The lowest BCUT2D eigenvalue weighted by atomic mass is 10.5. The van der Waals surface area contributed by atoms with Crippen LogP contribution in [0.15, 0.2) is 23.5 Å². The van der Waals surface area contributed by atoms with Crippen molar-refractivity contribution in [2.75, 3.05) is 0 Å². The normalized spacial score (nSPS) is 17.8. The molecule has 0 saturated heterocycles. The molecule has 0 aromatic heterocycles. The van der Waals surface area contributed by atoms with Gasteiger partial charge in [-0.3, -0.25) is 5.43 Å². The number of hydrogen-bond acceptors (Lipinski definition) is 3. The first kappa shape index (κ1) is 5.47. The summed E-state index contributed by atoms with van der Waals surface area (Å²) in [5.74, 6) is 5.24. The lowest BCUT2D eigenvalue weighted by Crippen LogP contribution is -2.38. The van der Waals surface area contributed by atoms with Gasteiger partial charge in [-0.2, -0.15) is 0 Å². The molecule has 0 saturated carbocycles. The molecule has 0 bridgehead atoms. The number of allylic oxidation sites excluding steroid dienone is 2. The number of hydrazine groups is 2. The maximum atomic E-state index is 5.49. The summed E-state index contributed by atoms with van der Waals surface area (Å²) in [6.07, 6.45) is 5.12. The van der Waals surface area contributed by atoms with Gasteiger partial charge in [-0.05, 0) is 12.2 Å². The molecule has 8 heavy (non-hydrogen) atoms. The molecule has 0 aromatic rings. The van der Waals surface area contributed by atoms with Crippen molar-refractivity contribution < 1.29 is 0 Å². The fraction of sp³-hybridized carbons (Fsp3) is 0. The molecule has 0 spiro atoms. The maximum Gasteiger partial charge on any atom is 0.122 e. The Morgan fingerprint density at radius 2 is 2.50 bits per heavy atom. The molecule has 3 N–H and O–H groups in total. The number of halogens is 1. The minimum atomic E-state index is 0.523. The first-order valence-corrected chi connectivity index (χ1v) is 2.51. The predicted molar refractivity (Wildman–Crippen MR) is 32.2 cm³/mol. The second-order valence-corrected chi connectivity index (χ2v) is 1.78. The topological polar surface area (TPSA) is 41.3 Å². The molecular formula is C4H6ClN3. The first-order valence-electron chi connectivity index (χ1n) is 2.13. The van der Waals surface area contributed by atoms with Crippen LogP contribution in [0.2, 0.25) is 0 Å². The molecule has 1 rings (SSSR count). The maximum absolute atomic E-state index is 5.49. The van der Waals surface area contributed by atoms with Crippen molar-refractivity contribution in [1.82, 2.24) is 10.5 Å². The van der Waals surface area contributed by atoms with Crippen LogP contribution in [0, 0.1) is 0 Å². The van der Waals surface area contributed by atoms with E-state index in [9.17, 15) is 0 Å². The quantitative estimate of drug-likeness (QED) is 0.367. The second-order valence-electron chi connectivity index (χ2n) is 1.38. The highest BCUT2D eigenvalue weighted by Crippen LogP contribution is 2.00. The lowest BCUT2D eigenvalue weighted by Gasteiger charge is -2.17. The fourth-order valence-corrected chi connectivity index (χ4v) is 0.588. The van der Waals surface area contributed by atoms with Crippen molar-refractivity contribution in [3.8, 4) is 0 Å². The number of nitrogens with one attached hydrogen (secondary N) is 1. The van der Waals surface area contributed by atoms with Gasteiger partial charge < -0.3 is 0 Å². The molecule has 0 amide bonds. The van der Waals surface area contributed by atoms with Crippen LogP contribution in [0.25, 0.3) is 0 Å². The third-order valence-electron chi connectivity index (χ3n) is 0.725. The van der Waals surface area contributed by atoms with Crippen LogP contribution in [-0.4, -0.2) is 5.12 Å². The summed E-state index contributed by atoms with van der Waals surface area (Å²) in [5.41, 5.74) is 2.63. The van der Waals surface area contributed by atoms with E-state index in [1.807, 2.05) is 0 Å². The Hall–Kier alpha value is -0.670. The van der Waals surface area contributed by atoms with Gasteiger partial charge in [0.25, 0.3) is 0 Å². The van der Waals surface area contributed by atoms with E-state index in [1.54, 1.807) is 18.4 Å². The smallest absolute Gasteiger partial charge is 0.122 e. The van der Waals surface area contributed by atoms with Gasteiger partial charge in [-0.1, -0.05) is 11.6 Å². The third-order valence-corrected chi connectivity index (χ3v) is 0.936. The van der Waals surface area contributed by atoms with Crippen LogP contribution in [0.5, 0.6) is 0 Å². The molecule has 3 nitrogen and oxygen atoms in total. The van der Waals surface area contributed by atoms with E-state index in [2.05, 4.69) is 5.43 Å². The average Bonchev–Trinajstić information content (AvgIpc) is 1.64. The molecule has 0 aliphatic carbocycles. The Morgan fingerprint density at radius 1 is 1.75 bits per heavy atom. The fourth-order valence-electron chi connectivity index (χ4n) is 0.418. The van der Waals surface area contributed by atoms with Gasteiger partial charge in [0.1, 0.15) is 5.16 Å². The molecule has 1 aliphatic rings. The highest BCUT2D eigenvalue weighted by atomic mass is 35.5. The largest absolute Gasteiger partial charge is 0.274 e. The minimum Gasteiger partial charge on any atom is -0.274 e. The highest BCUT2D eigenvalue weighted by molar-refractivity contribution is 6.29. The molecule has 0 fully saturated rings. The van der Waals surface area contributed by atoms with Gasteiger partial charge in [0, 0.05) is 6.20 Å². The summed E-state index contributed by atoms with van der Waals surface area (Å²) in [6, 6.07) is 0. The summed E-state index contributed by atoms with van der Waals surface area (Å²) < 4.78 is 0. The van der Waals surface area contributed by atoms with Gasteiger partial charge >= 0.3 is 0 Å². The van der Waals surface area contributed by atoms with E-state index >= 15 is 0 Å². The Bertz CT molecular complexity index is 140. The van der Waals surface area contributed by atoms with Crippen LogP contribution < -0.4 is 11.3 Å². The van der Waals surface area contributed by atoms with E-state index in [0.717, 1.165) is 0 Å². The molecule has 0 aromatic carbocycles. The van der Waals surface area contributed by atoms with Gasteiger partial charge in [-0.15, -0.1) is 0 Å². The van der Waals surface area contributed by atoms with Crippen LogP contribution >= 0.6 is 11.6 Å². The Kier molecular flexibility index (Phi) is 1.41. The summed E-state index contributed by atoms with van der Waals surface area (Å²) in [5, 5.41) is 1.80. The molecule has 0 atom stereocenters. The third kappa shape index (κ3) is 1.15. The van der Waals surface area contributed by atoms with Gasteiger partial charge in [0.15, 0.2) is 0 Å². The molecule has 44 valence electrons. The van der Waals surface area contributed by atoms with E-state index in [0.29, 0.717) is 5.16 Å².